The summed E-state index contributed by atoms with van der Waals surface area (Å²) in [5.41, 5.74) is 11.0. The zero-order valence-corrected chi connectivity index (χ0v) is 21.3. The fourth-order valence-electron chi connectivity index (χ4n) is 4.11. The maximum atomic E-state index is 13.0. The molecule has 0 radical (unpaired) electrons. The number of fused-ring (bicyclic) bond motifs is 2. The van der Waals surface area contributed by atoms with Crippen LogP contribution in [0.4, 0.5) is 10.9 Å². The van der Waals surface area contributed by atoms with E-state index < -0.39 is 40.8 Å². The van der Waals surface area contributed by atoms with E-state index in [1.54, 1.807) is 29.1 Å². The van der Waals surface area contributed by atoms with Crippen LogP contribution < -0.4 is 31.8 Å². The van der Waals surface area contributed by atoms with Crippen LogP contribution in [0.5, 0.6) is 0 Å². The van der Waals surface area contributed by atoms with Crippen LogP contribution in [0.3, 0.4) is 0 Å². The number of carbonyl (C=O) groups is 4. The van der Waals surface area contributed by atoms with Crippen molar-refractivity contribution in [1.29, 1.82) is 0 Å². The largest absolute Gasteiger partial charge is 0.543 e. The lowest BCUT2D eigenvalue weighted by Gasteiger charge is -2.50. The van der Waals surface area contributed by atoms with E-state index in [4.69, 9.17) is 11.5 Å². The second kappa shape index (κ2) is 10.3. The number of nitrogens with one attached hydrogen (secondary N) is 2. The van der Waals surface area contributed by atoms with Gasteiger partial charge in [-0.3, -0.25) is 19.3 Å². The van der Waals surface area contributed by atoms with Gasteiger partial charge in [-0.2, -0.15) is 9.36 Å². The fraction of sp³-hybridized carbons (Fsp3) is 0.250. The number of carboxylic acid groups (broad SMARTS) is 1. The monoisotopic (exact) mass is 573 g/mol. The van der Waals surface area contributed by atoms with Gasteiger partial charge in [0.1, 0.15) is 24.2 Å². The molecular formula is C20H19N11O6S2. The van der Waals surface area contributed by atoms with Gasteiger partial charge in [0.05, 0.1) is 18.2 Å². The molecule has 3 aromatic rings. The van der Waals surface area contributed by atoms with E-state index in [2.05, 4.69) is 30.2 Å². The SMILES string of the molecule is NCC(=O)Nc1ccc2n(cc[n+]2CC2=C(C(=O)[O-])N3C(=O)[C@@H](NC(=O)/C(=N\O)c4nsc(N)n4)[C@H]3SC2)n1. The van der Waals surface area contributed by atoms with Crippen molar-refractivity contribution >= 4 is 69.3 Å². The number of hydrogen-bond donors (Lipinski definition) is 5. The predicted molar refractivity (Wildman–Crippen MR) is 133 cm³/mol. The molecule has 1 saturated heterocycles. The normalized spacial score (nSPS) is 19.1. The predicted octanol–water partition coefficient (Wildman–Crippen LogP) is -3.76. The highest BCUT2D eigenvalue weighted by Crippen LogP contribution is 2.40. The Morgan fingerprint density at radius 3 is 2.79 bits per heavy atom. The topological polar surface area (TPSA) is 250 Å². The molecule has 7 N–H and O–H groups in total. The average molecular weight is 574 g/mol. The molecule has 3 aromatic heterocycles. The minimum Gasteiger partial charge on any atom is -0.543 e. The molecule has 5 heterocycles. The number of aliphatic carboxylic acids is 1. The second-order valence-corrected chi connectivity index (χ2v) is 10.1. The zero-order chi connectivity index (χ0) is 27.8. The highest BCUT2D eigenvalue weighted by atomic mass is 32.2. The van der Waals surface area contributed by atoms with Crippen molar-refractivity contribution in [3.05, 3.63) is 41.6 Å². The number of amides is 3. The second-order valence-electron chi connectivity index (χ2n) is 8.21. The molecule has 1 fully saturated rings. The van der Waals surface area contributed by atoms with Gasteiger partial charge in [-0.05, 0) is 6.07 Å². The maximum Gasteiger partial charge on any atom is 0.307 e. The number of anilines is 2. The molecule has 202 valence electrons. The van der Waals surface area contributed by atoms with Crippen LogP contribution >= 0.6 is 23.3 Å². The molecule has 2 aliphatic rings. The number of carboxylic acids is 1. The quantitative estimate of drug-likeness (QED) is 0.0573. The van der Waals surface area contributed by atoms with E-state index in [0.29, 0.717) is 11.2 Å². The molecule has 0 aliphatic carbocycles. The van der Waals surface area contributed by atoms with Crippen LogP contribution in [0.2, 0.25) is 0 Å². The van der Waals surface area contributed by atoms with Gasteiger partial charge >= 0.3 is 5.65 Å². The van der Waals surface area contributed by atoms with E-state index in [1.807, 2.05) is 0 Å². The first-order valence-electron chi connectivity index (χ1n) is 11.1. The molecule has 0 unspecified atom stereocenters. The van der Waals surface area contributed by atoms with Crippen LogP contribution in [0, 0.1) is 0 Å². The molecule has 39 heavy (non-hydrogen) atoms. The first-order valence-corrected chi connectivity index (χ1v) is 12.9. The molecule has 19 heteroatoms. The minimum atomic E-state index is -1.54. The molecule has 0 spiro atoms. The van der Waals surface area contributed by atoms with E-state index in [1.165, 1.54) is 16.3 Å². The van der Waals surface area contributed by atoms with Crippen molar-refractivity contribution in [2.75, 3.05) is 23.3 Å². The van der Waals surface area contributed by atoms with Gasteiger partial charge in [-0.25, -0.2) is 4.57 Å². The molecule has 0 saturated carbocycles. The van der Waals surface area contributed by atoms with E-state index in [-0.39, 0.29) is 41.3 Å². The summed E-state index contributed by atoms with van der Waals surface area (Å²) in [4.78, 5) is 54.1. The number of nitrogens with two attached hydrogens (primary N) is 2. The molecule has 0 aromatic carbocycles. The van der Waals surface area contributed by atoms with Crippen LogP contribution in [0.1, 0.15) is 5.82 Å². The molecule has 3 amide bonds. The van der Waals surface area contributed by atoms with Crippen molar-refractivity contribution in [2.24, 2.45) is 10.9 Å². The van der Waals surface area contributed by atoms with Gasteiger partial charge in [-0.15, -0.1) is 11.8 Å². The van der Waals surface area contributed by atoms with Crippen molar-refractivity contribution in [2.45, 2.75) is 18.0 Å². The first kappa shape index (κ1) is 26.0. The Morgan fingerprint density at radius 1 is 1.33 bits per heavy atom. The van der Waals surface area contributed by atoms with Crippen LogP contribution in [-0.4, -0.2) is 82.2 Å². The Hall–Kier alpha value is -4.62. The first-order chi connectivity index (χ1) is 18.7. The lowest BCUT2D eigenvalue weighted by Crippen LogP contribution is -2.71. The summed E-state index contributed by atoms with van der Waals surface area (Å²) >= 11 is 2.04. The smallest absolute Gasteiger partial charge is 0.307 e. The van der Waals surface area contributed by atoms with Crippen molar-refractivity contribution in [1.82, 2.24) is 29.2 Å². The highest BCUT2D eigenvalue weighted by molar-refractivity contribution is 8.00. The molecule has 17 nitrogen and oxygen atoms in total. The van der Waals surface area contributed by atoms with Crippen LogP contribution in [0.15, 0.2) is 41.0 Å². The Labute approximate surface area is 226 Å². The highest BCUT2D eigenvalue weighted by Gasteiger charge is 2.53. The average Bonchev–Trinajstić information content (AvgIpc) is 3.52. The summed E-state index contributed by atoms with van der Waals surface area (Å²) in [6.45, 7) is -0.0902. The Kier molecular flexibility index (Phi) is 6.85. The van der Waals surface area contributed by atoms with Crippen molar-refractivity contribution < 1.29 is 34.1 Å². The van der Waals surface area contributed by atoms with E-state index >= 15 is 0 Å². The molecule has 2 atom stereocenters. The third-order valence-corrected chi connectivity index (χ3v) is 7.71. The number of aromatic nitrogens is 5. The van der Waals surface area contributed by atoms with Crippen molar-refractivity contribution in [3.8, 4) is 0 Å². The van der Waals surface area contributed by atoms with Gasteiger partial charge in [0.15, 0.2) is 17.1 Å². The lowest BCUT2D eigenvalue weighted by molar-refractivity contribution is -0.662. The lowest BCUT2D eigenvalue weighted by atomic mass is 10.0. The number of nitrogens with zero attached hydrogens (tertiary/aromatic N) is 7. The summed E-state index contributed by atoms with van der Waals surface area (Å²) < 4.78 is 7.03. The van der Waals surface area contributed by atoms with Gasteiger partial charge in [0, 0.05) is 28.9 Å². The number of thioether (sulfide) groups is 1. The van der Waals surface area contributed by atoms with Gasteiger partial charge in [0.2, 0.25) is 17.4 Å². The number of rotatable bonds is 8. The zero-order valence-electron chi connectivity index (χ0n) is 19.7. The number of oxime groups is 1. The number of carbonyl (C=O) groups excluding carboxylic acids is 4. The van der Waals surface area contributed by atoms with E-state index in [9.17, 15) is 29.5 Å². The summed E-state index contributed by atoms with van der Waals surface area (Å²) in [7, 11) is 0. The third kappa shape index (κ3) is 4.73. The molecule has 0 bridgehead atoms. The number of hydrogen-bond acceptors (Lipinski definition) is 14. The van der Waals surface area contributed by atoms with E-state index in [0.717, 1.165) is 16.4 Å². The summed E-state index contributed by atoms with van der Waals surface area (Å²) in [6.07, 6.45) is 3.29. The van der Waals surface area contributed by atoms with Gasteiger partial charge in [-0.1, -0.05) is 14.8 Å². The van der Waals surface area contributed by atoms with Crippen LogP contribution in [-0.2, 0) is 25.7 Å². The standard InChI is InChI=1S/C20H19N11O6S2/c21-5-10(32)23-9-1-2-11-29(3-4-30(11)26-9)6-8-7-38-18-13(17(34)31(18)14(8)19(35)36)24-16(33)12(27-37)15-25-20(22)39-28-15/h1-4,13,18H,5-7,21H2,(H5-,22,23,24,25,26,28,32,33,35,36,37)/t13-,18-/m1/s1. The maximum absolute atomic E-state index is 13.0. The molecular weight excluding hydrogens is 554 g/mol. The molecule has 5 rings (SSSR count). The fourth-order valence-corrected chi connectivity index (χ4v) is 5.88. The summed E-state index contributed by atoms with van der Waals surface area (Å²) in [6, 6.07) is 2.17. The molecule has 2 aliphatic heterocycles. The Balaban J connectivity index is 1.34. The summed E-state index contributed by atoms with van der Waals surface area (Å²) in [5, 5.41) is 32.9. The van der Waals surface area contributed by atoms with Crippen molar-refractivity contribution in [3.63, 3.8) is 0 Å². The van der Waals surface area contributed by atoms with Gasteiger partial charge in [0.25, 0.3) is 11.8 Å². The number of β-lactam (4-membered cyclic amide) rings is 1. The Morgan fingerprint density at radius 2 is 2.13 bits per heavy atom. The Bertz CT molecular complexity index is 1580. The third-order valence-electron chi connectivity index (χ3n) is 5.83. The van der Waals surface area contributed by atoms with Gasteiger partial charge < -0.3 is 37.2 Å². The summed E-state index contributed by atoms with van der Waals surface area (Å²) in [5.74, 6) is -3.25. The van der Waals surface area contributed by atoms with Crippen LogP contribution in [0.25, 0.3) is 5.65 Å². The number of nitrogen functional groups attached to an aromatic ring is 1. The number of imidazole rings is 1. The minimum absolute atomic E-state index is 0.0485.